The summed E-state index contributed by atoms with van der Waals surface area (Å²) in [5, 5.41) is 2.96. The van der Waals surface area contributed by atoms with Crippen LogP contribution in [0.3, 0.4) is 0 Å². The van der Waals surface area contributed by atoms with Gasteiger partial charge in [-0.15, -0.1) is 0 Å². The number of benzene rings is 2. The lowest BCUT2D eigenvalue weighted by Gasteiger charge is -2.17. The highest BCUT2D eigenvalue weighted by Crippen LogP contribution is 2.22. The lowest BCUT2D eigenvalue weighted by molar-refractivity contribution is 0.102. The van der Waals surface area contributed by atoms with E-state index in [-0.39, 0.29) is 5.91 Å². The van der Waals surface area contributed by atoms with Crippen LogP contribution < -0.4 is 10.2 Å². The minimum absolute atomic E-state index is 0.0587. The summed E-state index contributed by atoms with van der Waals surface area (Å²) in [7, 11) is 0. The molecule has 0 unspecified atom stereocenters. The van der Waals surface area contributed by atoms with Gasteiger partial charge in [0.25, 0.3) is 5.91 Å². The molecule has 0 bridgehead atoms. The van der Waals surface area contributed by atoms with Gasteiger partial charge in [-0.1, -0.05) is 19.1 Å². The molecule has 1 heterocycles. The number of nitrogens with zero attached hydrogens (tertiary/aromatic N) is 1. The van der Waals surface area contributed by atoms with Gasteiger partial charge in [0.2, 0.25) is 0 Å². The van der Waals surface area contributed by atoms with Gasteiger partial charge in [-0.05, 0) is 61.2 Å². The van der Waals surface area contributed by atoms with Gasteiger partial charge in [0, 0.05) is 30.0 Å². The third-order valence-electron chi connectivity index (χ3n) is 4.22. The maximum absolute atomic E-state index is 12.2. The van der Waals surface area contributed by atoms with Crippen molar-refractivity contribution in [3.8, 4) is 0 Å². The van der Waals surface area contributed by atoms with Crippen molar-refractivity contribution < 1.29 is 4.79 Å². The fourth-order valence-electron chi connectivity index (χ4n) is 2.83. The van der Waals surface area contributed by atoms with Crippen molar-refractivity contribution in [2.45, 2.75) is 26.2 Å². The van der Waals surface area contributed by atoms with Crippen LogP contribution in [0.4, 0.5) is 11.4 Å². The van der Waals surface area contributed by atoms with Crippen LogP contribution in [-0.4, -0.2) is 19.0 Å². The molecule has 2 aromatic carbocycles. The Labute approximate surface area is 132 Å². The molecule has 0 aromatic heterocycles. The Morgan fingerprint density at radius 3 is 2.23 bits per heavy atom. The molecular weight excluding hydrogens is 272 g/mol. The minimum Gasteiger partial charge on any atom is -0.372 e. The standard InChI is InChI=1S/C19H22N2O/c1-2-15-5-7-16(8-6-15)19(22)20-17-9-11-18(12-10-17)21-13-3-4-14-21/h5-12H,2-4,13-14H2,1H3,(H,20,22). The Kier molecular flexibility index (Phi) is 4.42. The van der Waals surface area contributed by atoms with Crippen molar-refractivity contribution in [2.75, 3.05) is 23.3 Å². The number of carbonyl (C=O) groups is 1. The average Bonchev–Trinajstić information content (AvgIpc) is 3.10. The molecule has 0 radical (unpaired) electrons. The molecule has 1 N–H and O–H groups in total. The zero-order chi connectivity index (χ0) is 15.4. The molecule has 1 aliphatic rings. The number of amides is 1. The summed E-state index contributed by atoms with van der Waals surface area (Å²) in [6.45, 7) is 4.38. The van der Waals surface area contributed by atoms with Crippen molar-refractivity contribution in [3.05, 3.63) is 59.7 Å². The highest BCUT2D eigenvalue weighted by atomic mass is 16.1. The molecule has 1 saturated heterocycles. The van der Waals surface area contributed by atoms with Gasteiger partial charge in [0.1, 0.15) is 0 Å². The van der Waals surface area contributed by atoms with E-state index in [2.05, 4.69) is 29.3 Å². The molecule has 114 valence electrons. The SMILES string of the molecule is CCc1ccc(C(=O)Nc2ccc(N3CCCC3)cc2)cc1. The van der Waals surface area contributed by atoms with Crippen LogP contribution in [0.5, 0.6) is 0 Å². The molecule has 3 rings (SSSR count). The summed E-state index contributed by atoms with van der Waals surface area (Å²) in [4.78, 5) is 14.6. The van der Waals surface area contributed by atoms with E-state index in [1.165, 1.54) is 24.1 Å². The maximum atomic E-state index is 12.2. The molecule has 2 aromatic rings. The molecule has 0 saturated carbocycles. The first-order valence-electron chi connectivity index (χ1n) is 8.01. The van der Waals surface area contributed by atoms with E-state index in [1.807, 2.05) is 36.4 Å². The summed E-state index contributed by atoms with van der Waals surface area (Å²) in [5.41, 5.74) is 4.02. The molecule has 1 aliphatic heterocycles. The lowest BCUT2D eigenvalue weighted by atomic mass is 10.1. The van der Waals surface area contributed by atoms with Crippen molar-refractivity contribution in [2.24, 2.45) is 0 Å². The van der Waals surface area contributed by atoms with E-state index < -0.39 is 0 Å². The van der Waals surface area contributed by atoms with Gasteiger partial charge in [0.15, 0.2) is 0 Å². The summed E-state index contributed by atoms with van der Waals surface area (Å²) in [5.74, 6) is -0.0587. The monoisotopic (exact) mass is 294 g/mol. The van der Waals surface area contributed by atoms with Gasteiger partial charge in [0.05, 0.1) is 0 Å². The zero-order valence-electron chi connectivity index (χ0n) is 13.0. The molecule has 1 fully saturated rings. The van der Waals surface area contributed by atoms with Crippen molar-refractivity contribution in [1.82, 2.24) is 0 Å². The summed E-state index contributed by atoms with van der Waals surface area (Å²) in [6, 6.07) is 15.9. The van der Waals surface area contributed by atoms with Crippen molar-refractivity contribution >= 4 is 17.3 Å². The molecule has 22 heavy (non-hydrogen) atoms. The summed E-state index contributed by atoms with van der Waals surface area (Å²) in [6.07, 6.45) is 3.53. The molecular formula is C19H22N2O. The summed E-state index contributed by atoms with van der Waals surface area (Å²) < 4.78 is 0. The van der Waals surface area contributed by atoms with E-state index in [9.17, 15) is 4.79 Å². The number of anilines is 2. The smallest absolute Gasteiger partial charge is 0.255 e. The second kappa shape index (κ2) is 6.65. The minimum atomic E-state index is -0.0587. The van der Waals surface area contributed by atoms with E-state index in [4.69, 9.17) is 0 Å². The number of rotatable bonds is 4. The number of hydrogen-bond acceptors (Lipinski definition) is 2. The van der Waals surface area contributed by atoms with E-state index in [1.54, 1.807) is 0 Å². The predicted molar refractivity (Wildman–Crippen MR) is 91.7 cm³/mol. The maximum Gasteiger partial charge on any atom is 0.255 e. The molecule has 3 heteroatoms. The first kappa shape index (κ1) is 14.6. The van der Waals surface area contributed by atoms with Gasteiger partial charge >= 0.3 is 0 Å². The van der Waals surface area contributed by atoms with Gasteiger partial charge in [-0.3, -0.25) is 4.79 Å². The Hall–Kier alpha value is -2.29. The molecule has 0 atom stereocenters. The van der Waals surface area contributed by atoms with Gasteiger partial charge < -0.3 is 10.2 Å². The van der Waals surface area contributed by atoms with Crippen molar-refractivity contribution in [3.63, 3.8) is 0 Å². The van der Waals surface area contributed by atoms with E-state index in [0.29, 0.717) is 5.56 Å². The second-order valence-corrected chi connectivity index (χ2v) is 5.75. The first-order chi connectivity index (χ1) is 10.8. The van der Waals surface area contributed by atoms with Crippen LogP contribution in [0, 0.1) is 0 Å². The highest BCUT2D eigenvalue weighted by molar-refractivity contribution is 6.04. The lowest BCUT2D eigenvalue weighted by Crippen LogP contribution is -2.17. The van der Waals surface area contributed by atoms with Gasteiger partial charge in [-0.25, -0.2) is 0 Å². The number of hydrogen-bond donors (Lipinski definition) is 1. The van der Waals surface area contributed by atoms with Crippen LogP contribution in [0.2, 0.25) is 0 Å². The second-order valence-electron chi connectivity index (χ2n) is 5.75. The highest BCUT2D eigenvalue weighted by Gasteiger charge is 2.12. The number of carbonyl (C=O) groups excluding carboxylic acids is 1. The van der Waals surface area contributed by atoms with Crippen LogP contribution >= 0.6 is 0 Å². The quantitative estimate of drug-likeness (QED) is 0.920. The fourth-order valence-corrected chi connectivity index (χ4v) is 2.83. The van der Waals surface area contributed by atoms with Crippen molar-refractivity contribution in [1.29, 1.82) is 0 Å². The number of aryl methyl sites for hydroxylation is 1. The molecule has 0 aliphatic carbocycles. The Morgan fingerprint density at radius 1 is 1.00 bits per heavy atom. The Bertz CT molecular complexity index is 625. The Morgan fingerprint density at radius 2 is 1.64 bits per heavy atom. The molecule has 0 spiro atoms. The van der Waals surface area contributed by atoms with Crippen LogP contribution in [0.25, 0.3) is 0 Å². The molecule has 1 amide bonds. The third kappa shape index (κ3) is 3.30. The van der Waals surface area contributed by atoms with Crippen LogP contribution in [0.15, 0.2) is 48.5 Å². The topological polar surface area (TPSA) is 32.3 Å². The summed E-state index contributed by atoms with van der Waals surface area (Å²) >= 11 is 0. The predicted octanol–water partition coefficient (Wildman–Crippen LogP) is 4.10. The van der Waals surface area contributed by atoms with Gasteiger partial charge in [-0.2, -0.15) is 0 Å². The molecule has 3 nitrogen and oxygen atoms in total. The largest absolute Gasteiger partial charge is 0.372 e. The average molecular weight is 294 g/mol. The Balaban J connectivity index is 1.65. The normalized spacial score (nSPS) is 14.1. The number of nitrogens with one attached hydrogen (secondary N) is 1. The van der Waals surface area contributed by atoms with Crippen LogP contribution in [0.1, 0.15) is 35.7 Å². The fraction of sp³-hybridized carbons (Fsp3) is 0.316. The van der Waals surface area contributed by atoms with E-state index >= 15 is 0 Å². The first-order valence-corrected chi connectivity index (χ1v) is 8.01. The van der Waals surface area contributed by atoms with Crippen LogP contribution in [-0.2, 0) is 6.42 Å². The zero-order valence-corrected chi connectivity index (χ0v) is 13.0. The third-order valence-corrected chi connectivity index (χ3v) is 4.22. The van der Waals surface area contributed by atoms with E-state index in [0.717, 1.165) is 25.2 Å².